The summed E-state index contributed by atoms with van der Waals surface area (Å²) in [4.78, 5) is 57.7. The third-order valence-corrected chi connectivity index (χ3v) is 7.46. The van der Waals surface area contributed by atoms with Gasteiger partial charge in [0.2, 0.25) is 0 Å². The largest absolute Gasteiger partial charge is 0.471 e. The summed E-state index contributed by atoms with van der Waals surface area (Å²) in [7, 11) is -8.77. The first-order valence-electron chi connectivity index (χ1n) is 11.5. The van der Waals surface area contributed by atoms with E-state index >= 15 is 0 Å². The Bertz CT molecular complexity index is 2160. The number of alkyl halides is 3. The van der Waals surface area contributed by atoms with E-state index < -0.39 is 47.4 Å². The van der Waals surface area contributed by atoms with E-state index in [-0.39, 0.29) is 38.3 Å². The highest BCUT2D eigenvalue weighted by Crippen LogP contribution is 2.36. The number of sulfone groups is 1. The molecule has 42 heavy (non-hydrogen) atoms. The predicted octanol–water partition coefficient (Wildman–Crippen LogP) is 2.65. The average Bonchev–Trinajstić information content (AvgIpc) is 2.91. The number of fused-ring (bicyclic) bond motifs is 3. The van der Waals surface area contributed by atoms with Crippen molar-refractivity contribution in [3.63, 3.8) is 0 Å². The molecule has 0 unspecified atom stereocenters. The number of hydrogen-bond donors (Lipinski definition) is 2. The number of aromatic nitrogens is 5. The minimum Gasteiger partial charge on any atom is -0.303 e. The molecular weight excluding hydrogens is 606 g/mol. The molecule has 2 N–H and O–H groups in total. The fraction of sp³-hybridized carbons (Fsp3) is 0.125. The maximum absolute atomic E-state index is 13.6. The summed E-state index contributed by atoms with van der Waals surface area (Å²) in [5.41, 5.74) is -3.52. The van der Waals surface area contributed by atoms with Crippen LogP contribution in [0.2, 0.25) is 0 Å². The highest BCUT2D eigenvalue weighted by Gasteiger charge is 2.31. The highest BCUT2D eigenvalue weighted by molar-refractivity contribution is 7.90. The molecule has 4 heterocycles. The Balaban J connectivity index is 1.86. The molecule has 18 heteroatoms. The van der Waals surface area contributed by atoms with Crippen molar-refractivity contribution in [1.29, 1.82) is 0 Å². The van der Waals surface area contributed by atoms with Crippen LogP contribution in [0, 0.1) is 0 Å². The van der Waals surface area contributed by atoms with Crippen LogP contribution in [0.3, 0.4) is 0 Å². The van der Waals surface area contributed by atoms with Crippen molar-refractivity contribution >= 4 is 39.6 Å². The zero-order chi connectivity index (χ0) is 30.6. The Morgan fingerprint density at radius 1 is 1.02 bits per heavy atom. The van der Waals surface area contributed by atoms with E-state index in [0.717, 1.165) is 29.2 Å². The van der Waals surface area contributed by atoms with Crippen LogP contribution in [0.25, 0.3) is 38.9 Å². The fourth-order valence-corrected chi connectivity index (χ4v) is 4.93. The summed E-state index contributed by atoms with van der Waals surface area (Å²) in [5.74, 6) is 0. The molecule has 5 aromatic rings. The molecule has 0 atom stereocenters. The molecule has 1 aromatic carbocycles. The van der Waals surface area contributed by atoms with Crippen molar-refractivity contribution in [3.8, 4) is 16.9 Å². The van der Waals surface area contributed by atoms with Gasteiger partial charge in [0.15, 0.2) is 14.9 Å². The molecule has 0 aliphatic rings. The van der Waals surface area contributed by atoms with Crippen LogP contribution in [0.5, 0.6) is 0 Å². The van der Waals surface area contributed by atoms with E-state index in [1.807, 2.05) is 0 Å². The van der Waals surface area contributed by atoms with Gasteiger partial charge in [-0.25, -0.2) is 32.3 Å². The zero-order valence-corrected chi connectivity index (χ0v) is 22.8. The highest BCUT2D eigenvalue weighted by atomic mass is 32.2. The lowest BCUT2D eigenvalue weighted by atomic mass is 10.1. The second-order valence-corrected chi connectivity index (χ2v) is 12.1. The van der Waals surface area contributed by atoms with Gasteiger partial charge in [-0.15, -0.1) is 0 Å². The van der Waals surface area contributed by atoms with Gasteiger partial charge in [0, 0.05) is 24.2 Å². The van der Waals surface area contributed by atoms with Crippen LogP contribution >= 0.6 is 7.82 Å². The first-order chi connectivity index (χ1) is 19.5. The Kier molecular flexibility index (Phi) is 7.11. The number of halogens is 3. The lowest BCUT2D eigenvalue weighted by molar-refractivity contribution is -0.137. The van der Waals surface area contributed by atoms with E-state index in [0.29, 0.717) is 16.2 Å². The molecule has 0 amide bonds. The van der Waals surface area contributed by atoms with E-state index in [1.54, 1.807) is 0 Å². The van der Waals surface area contributed by atoms with Crippen LogP contribution < -0.4 is 11.2 Å². The van der Waals surface area contributed by atoms with Crippen LogP contribution in [-0.2, 0) is 31.8 Å². The van der Waals surface area contributed by atoms with Crippen molar-refractivity contribution in [2.75, 3.05) is 6.26 Å². The molecule has 0 aliphatic heterocycles. The summed E-state index contributed by atoms with van der Waals surface area (Å²) in [6.07, 6.45) is -1.55. The molecule has 0 radical (unpaired) electrons. The van der Waals surface area contributed by atoms with E-state index in [9.17, 15) is 35.7 Å². The maximum Gasteiger partial charge on any atom is 0.471 e. The Morgan fingerprint density at radius 3 is 2.38 bits per heavy atom. The smallest absolute Gasteiger partial charge is 0.303 e. The van der Waals surface area contributed by atoms with Crippen LogP contribution in [0.15, 0.2) is 75.5 Å². The molecule has 5 rings (SSSR count). The van der Waals surface area contributed by atoms with Gasteiger partial charge in [-0.05, 0) is 42.5 Å². The molecule has 0 bridgehead atoms. The maximum atomic E-state index is 13.6. The van der Waals surface area contributed by atoms with Gasteiger partial charge in [0.1, 0.15) is 12.2 Å². The molecule has 0 fully saturated rings. The molecular formula is C24H17F3N5O8PS. The van der Waals surface area contributed by atoms with Crippen molar-refractivity contribution < 1.29 is 40.5 Å². The Morgan fingerprint density at radius 2 is 1.76 bits per heavy atom. The van der Waals surface area contributed by atoms with Gasteiger partial charge in [0.05, 0.1) is 33.4 Å². The molecule has 0 aliphatic carbocycles. The fourth-order valence-electron chi connectivity index (χ4n) is 4.10. The minimum absolute atomic E-state index is 0.0909. The number of phosphoric acid groups is 1. The van der Waals surface area contributed by atoms with Crippen LogP contribution in [0.1, 0.15) is 5.56 Å². The van der Waals surface area contributed by atoms with Gasteiger partial charge >= 0.3 is 19.7 Å². The summed E-state index contributed by atoms with van der Waals surface area (Å²) in [5, 5.41) is -0.528. The van der Waals surface area contributed by atoms with Crippen molar-refractivity contribution in [3.05, 3.63) is 87.3 Å². The van der Waals surface area contributed by atoms with E-state index in [2.05, 4.69) is 19.5 Å². The molecule has 13 nitrogen and oxygen atoms in total. The van der Waals surface area contributed by atoms with Crippen molar-refractivity contribution in [2.24, 2.45) is 0 Å². The second kappa shape index (κ2) is 10.2. The lowest BCUT2D eigenvalue weighted by Gasteiger charge is -2.17. The average molecular weight is 623 g/mol. The number of nitrogens with zero attached hydrogens (tertiary/aromatic N) is 5. The topological polar surface area (TPSA) is 184 Å². The molecule has 0 spiro atoms. The van der Waals surface area contributed by atoms with Gasteiger partial charge < -0.3 is 9.79 Å². The molecule has 0 saturated heterocycles. The first-order valence-corrected chi connectivity index (χ1v) is 15.0. The SMILES string of the molecule is CS(=O)(=O)c1ccc(-c2ccc3ncc4c(=O)n(COP(=O)(O)O)c(=O)n(-c5cccc(C(F)(F)F)c5)c4c3n2)cn1. The van der Waals surface area contributed by atoms with Gasteiger partial charge in [-0.1, -0.05) is 6.07 Å². The monoisotopic (exact) mass is 623 g/mol. The summed E-state index contributed by atoms with van der Waals surface area (Å²) >= 11 is 0. The summed E-state index contributed by atoms with van der Waals surface area (Å²) in [6.45, 7) is -1.22. The third-order valence-electron chi connectivity index (χ3n) is 6.01. The summed E-state index contributed by atoms with van der Waals surface area (Å²) in [6, 6.07) is 9.26. The third kappa shape index (κ3) is 5.60. The predicted molar refractivity (Wildman–Crippen MR) is 141 cm³/mol. The lowest BCUT2D eigenvalue weighted by Crippen LogP contribution is -2.40. The van der Waals surface area contributed by atoms with Crippen molar-refractivity contribution in [2.45, 2.75) is 17.9 Å². The van der Waals surface area contributed by atoms with E-state index in [4.69, 9.17) is 9.79 Å². The second-order valence-electron chi connectivity index (χ2n) is 8.89. The van der Waals surface area contributed by atoms with Crippen LogP contribution in [0.4, 0.5) is 13.2 Å². The van der Waals surface area contributed by atoms with E-state index in [1.165, 1.54) is 36.5 Å². The van der Waals surface area contributed by atoms with Gasteiger partial charge in [-0.2, -0.15) is 13.2 Å². The molecule has 218 valence electrons. The number of rotatable bonds is 6. The zero-order valence-electron chi connectivity index (χ0n) is 21.0. The number of hydrogen-bond acceptors (Lipinski definition) is 9. The number of phosphoric ester groups is 1. The minimum atomic E-state index is -5.17. The number of pyridine rings is 3. The standard InChI is InChI=1S/C24H17F3N5O8PS/c1-42(38,39)19-8-5-13(10-29-19)17-6-7-18-20(30-17)21-16(11-28-18)22(33)31(12-40-41(35,36)37)23(34)32(21)15-4-2-3-14(9-15)24(25,26)27/h2-11H,12H2,1H3,(H2,35,36,37). The molecule has 4 aromatic heterocycles. The first kappa shape index (κ1) is 29.2. The Labute approximate surface area is 232 Å². The summed E-state index contributed by atoms with van der Waals surface area (Å²) < 4.78 is 80.9. The van der Waals surface area contributed by atoms with Crippen LogP contribution in [-0.4, -0.2) is 48.5 Å². The molecule has 0 saturated carbocycles. The van der Waals surface area contributed by atoms with Crippen molar-refractivity contribution in [1.82, 2.24) is 24.1 Å². The Hall–Kier alpha value is -4.28. The number of benzene rings is 1. The van der Waals surface area contributed by atoms with Gasteiger partial charge in [0.25, 0.3) is 5.56 Å². The quantitative estimate of drug-likeness (QED) is 0.209. The van der Waals surface area contributed by atoms with Gasteiger partial charge in [-0.3, -0.25) is 18.9 Å². The normalized spacial score (nSPS) is 12.7.